The molecule has 2 heterocycles. The van der Waals surface area contributed by atoms with Crippen LogP contribution in [0.2, 0.25) is 0 Å². The SMILES string of the molecule is CNC(c1cncnc1)C1CCSC1. The molecule has 0 saturated carbocycles. The second kappa shape index (κ2) is 4.75. The number of thioether (sulfide) groups is 1. The molecule has 3 nitrogen and oxygen atoms in total. The highest BCUT2D eigenvalue weighted by atomic mass is 32.2. The Morgan fingerprint density at radius 3 is 2.86 bits per heavy atom. The fraction of sp³-hybridized carbons (Fsp3) is 0.600. The molecule has 1 aromatic heterocycles. The third kappa shape index (κ3) is 2.07. The minimum Gasteiger partial charge on any atom is -0.313 e. The second-order valence-corrected chi connectivity index (χ2v) is 4.71. The van der Waals surface area contributed by atoms with Crippen LogP contribution in [0.25, 0.3) is 0 Å². The van der Waals surface area contributed by atoms with Crippen LogP contribution in [0.5, 0.6) is 0 Å². The Bertz CT molecular complexity index is 272. The van der Waals surface area contributed by atoms with Gasteiger partial charge in [-0.1, -0.05) is 0 Å². The Kier molecular flexibility index (Phi) is 3.37. The molecule has 0 aromatic carbocycles. The largest absolute Gasteiger partial charge is 0.313 e. The molecule has 14 heavy (non-hydrogen) atoms. The van der Waals surface area contributed by atoms with Crippen molar-refractivity contribution in [3.63, 3.8) is 0 Å². The minimum atomic E-state index is 0.422. The number of rotatable bonds is 3. The maximum Gasteiger partial charge on any atom is 0.115 e. The summed E-state index contributed by atoms with van der Waals surface area (Å²) in [6, 6.07) is 0.422. The van der Waals surface area contributed by atoms with Crippen molar-refractivity contribution in [3.8, 4) is 0 Å². The lowest BCUT2D eigenvalue weighted by atomic mass is 9.94. The van der Waals surface area contributed by atoms with E-state index in [9.17, 15) is 0 Å². The highest BCUT2D eigenvalue weighted by molar-refractivity contribution is 7.99. The third-order valence-corrected chi connectivity index (χ3v) is 3.88. The van der Waals surface area contributed by atoms with E-state index in [4.69, 9.17) is 0 Å². The van der Waals surface area contributed by atoms with Crippen LogP contribution in [0.15, 0.2) is 18.7 Å². The van der Waals surface area contributed by atoms with Crippen LogP contribution in [0, 0.1) is 5.92 Å². The number of hydrogen-bond acceptors (Lipinski definition) is 4. The molecule has 2 atom stereocenters. The first-order chi connectivity index (χ1) is 6.92. The van der Waals surface area contributed by atoms with Crippen LogP contribution in [-0.4, -0.2) is 28.5 Å². The first-order valence-electron chi connectivity index (χ1n) is 4.91. The summed E-state index contributed by atoms with van der Waals surface area (Å²) >= 11 is 2.04. The van der Waals surface area contributed by atoms with Gasteiger partial charge in [-0.15, -0.1) is 0 Å². The van der Waals surface area contributed by atoms with E-state index in [1.54, 1.807) is 6.33 Å². The quantitative estimate of drug-likeness (QED) is 0.818. The van der Waals surface area contributed by atoms with E-state index < -0.39 is 0 Å². The fourth-order valence-corrected chi connectivity index (χ4v) is 3.26. The third-order valence-electron chi connectivity index (χ3n) is 2.69. The van der Waals surface area contributed by atoms with Crippen molar-refractivity contribution in [2.24, 2.45) is 5.92 Å². The van der Waals surface area contributed by atoms with Crippen molar-refractivity contribution in [1.82, 2.24) is 15.3 Å². The van der Waals surface area contributed by atoms with Gasteiger partial charge < -0.3 is 5.32 Å². The van der Waals surface area contributed by atoms with Crippen LogP contribution in [0.4, 0.5) is 0 Å². The summed E-state index contributed by atoms with van der Waals surface area (Å²) in [5.74, 6) is 3.27. The van der Waals surface area contributed by atoms with Crippen molar-refractivity contribution in [2.75, 3.05) is 18.6 Å². The van der Waals surface area contributed by atoms with Gasteiger partial charge in [-0.2, -0.15) is 11.8 Å². The fourth-order valence-electron chi connectivity index (χ4n) is 1.96. The molecule has 76 valence electrons. The van der Waals surface area contributed by atoms with Gasteiger partial charge in [0, 0.05) is 24.0 Å². The molecular weight excluding hydrogens is 194 g/mol. The predicted octanol–water partition coefficient (Wildman–Crippen LogP) is 1.49. The molecular formula is C10H15N3S. The van der Waals surface area contributed by atoms with Crippen LogP contribution in [-0.2, 0) is 0 Å². The molecule has 2 unspecified atom stereocenters. The van der Waals surface area contributed by atoms with Crippen molar-refractivity contribution in [1.29, 1.82) is 0 Å². The van der Waals surface area contributed by atoms with Crippen LogP contribution >= 0.6 is 11.8 Å². The zero-order valence-electron chi connectivity index (χ0n) is 8.31. The lowest BCUT2D eigenvalue weighted by Crippen LogP contribution is -2.25. The molecule has 2 rings (SSSR count). The molecule has 1 aliphatic rings. The van der Waals surface area contributed by atoms with E-state index in [0.29, 0.717) is 6.04 Å². The summed E-state index contributed by atoms with van der Waals surface area (Å²) in [6.07, 6.45) is 6.71. The number of hydrogen-bond donors (Lipinski definition) is 1. The maximum absolute atomic E-state index is 4.07. The maximum atomic E-state index is 4.07. The normalized spacial score (nSPS) is 23.6. The van der Waals surface area contributed by atoms with Gasteiger partial charge >= 0.3 is 0 Å². The lowest BCUT2D eigenvalue weighted by molar-refractivity contribution is 0.418. The minimum absolute atomic E-state index is 0.422. The van der Waals surface area contributed by atoms with Crippen molar-refractivity contribution < 1.29 is 0 Å². The van der Waals surface area contributed by atoms with Gasteiger partial charge in [0.1, 0.15) is 6.33 Å². The molecule has 0 aliphatic carbocycles. The summed E-state index contributed by atoms with van der Waals surface area (Å²) in [5, 5.41) is 3.37. The van der Waals surface area contributed by atoms with Crippen LogP contribution in [0.1, 0.15) is 18.0 Å². The van der Waals surface area contributed by atoms with Crippen LogP contribution < -0.4 is 5.32 Å². The van der Waals surface area contributed by atoms with Gasteiger partial charge in [0.25, 0.3) is 0 Å². The van der Waals surface area contributed by atoms with E-state index in [1.807, 2.05) is 31.2 Å². The predicted molar refractivity (Wildman–Crippen MR) is 59.3 cm³/mol. The standard InChI is InChI=1S/C10H15N3S/c1-11-10(8-2-3-14-6-8)9-4-12-7-13-5-9/h4-5,7-8,10-11H,2-3,6H2,1H3. The van der Waals surface area contributed by atoms with E-state index >= 15 is 0 Å². The second-order valence-electron chi connectivity index (χ2n) is 3.56. The van der Waals surface area contributed by atoms with Gasteiger partial charge in [-0.25, -0.2) is 9.97 Å². The van der Waals surface area contributed by atoms with Crippen molar-refractivity contribution in [2.45, 2.75) is 12.5 Å². The topological polar surface area (TPSA) is 37.8 Å². The molecule has 1 saturated heterocycles. The van der Waals surface area contributed by atoms with Gasteiger partial charge in [0.15, 0.2) is 0 Å². The summed E-state index contributed by atoms with van der Waals surface area (Å²) in [6.45, 7) is 0. The van der Waals surface area contributed by atoms with Crippen molar-refractivity contribution in [3.05, 3.63) is 24.3 Å². The van der Waals surface area contributed by atoms with E-state index in [1.165, 1.54) is 23.5 Å². The summed E-state index contributed by atoms with van der Waals surface area (Å²) in [5.41, 5.74) is 1.21. The number of nitrogens with zero attached hydrogens (tertiary/aromatic N) is 2. The summed E-state index contributed by atoms with van der Waals surface area (Å²) in [4.78, 5) is 8.13. The average Bonchev–Trinajstić information content (AvgIpc) is 2.74. The number of nitrogens with one attached hydrogen (secondary N) is 1. The molecule has 1 fully saturated rings. The molecule has 1 aliphatic heterocycles. The Labute approximate surface area is 88.7 Å². The molecule has 0 amide bonds. The smallest absolute Gasteiger partial charge is 0.115 e. The Balaban J connectivity index is 2.12. The molecule has 0 radical (unpaired) electrons. The Hall–Kier alpha value is -0.610. The van der Waals surface area contributed by atoms with E-state index in [0.717, 1.165) is 5.92 Å². The molecule has 0 bridgehead atoms. The van der Waals surface area contributed by atoms with Gasteiger partial charge in [-0.3, -0.25) is 0 Å². The Morgan fingerprint density at radius 1 is 1.50 bits per heavy atom. The monoisotopic (exact) mass is 209 g/mol. The van der Waals surface area contributed by atoms with Gasteiger partial charge in [0.2, 0.25) is 0 Å². The van der Waals surface area contributed by atoms with Gasteiger partial charge in [-0.05, 0) is 30.9 Å². The summed E-state index contributed by atoms with van der Waals surface area (Å²) in [7, 11) is 2.01. The van der Waals surface area contributed by atoms with E-state index in [2.05, 4.69) is 15.3 Å². The molecule has 1 N–H and O–H groups in total. The first-order valence-corrected chi connectivity index (χ1v) is 6.07. The Morgan fingerprint density at radius 2 is 2.29 bits per heavy atom. The summed E-state index contributed by atoms with van der Waals surface area (Å²) < 4.78 is 0. The van der Waals surface area contributed by atoms with Crippen molar-refractivity contribution >= 4 is 11.8 Å². The molecule has 1 aromatic rings. The first kappa shape index (κ1) is 9.93. The van der Waals surface area contributed by atoms with Crippen LogP contribution in [0.3, 0.4) is 0 Å². The lowest BCUT2D eigenvalue weighted by Gasteiger charge is -2.21. The number of aromatic nitrogens is 2. The van der Waals surface area contributed by atoms with E-state index in [-0.39, 0.29) is 0 Å². The highest BCUT2D eigenvalue weighted by Gasteiger charge is 2.25. The molecule has 0 spiro atoms. The molecule has 4 heteroatoms. The highest BCUT2D eigenvalue weighted by Crippen LogP contribution is 2.33. The zero-order valence-corrected chi connectivity index (χ0v) is 9.13. The average molecular weight is 209 g/mol. The van der Waals surface area contributed by atoms with Gasteiger partial charge in [0.05, 0.1) is 0 Å². The zero-order chi connectivity index (χ0) is 9.80.